The Morgan fingerprint density at radius 1 is 0.750 bits per heavy atom. The van der Waals surface area contributed by atoms with Crippen molar-refractivity contribution in [1.82, 2.24) is 4.98 Å². The third-order valence-corrected chi connectivity index (χ3v) is 4.29. The van der Waals surface area contributed by atoms with Gasteiger partial charge in [-0.05, 0) is 36.4 Å². The largest absolute Gasteiger partial charge is 0.454 e. The molecule has 0 bridgehead atoms. The molecular formula is C20H15N3O5. The van der Waals surface area contributed by atoms with Gasteiger partial charge >= 0.3 is 0 Å². The van der Waals surface area contributed by atoms with Crippen LogP contribution in [0.4, 0.5) is 17.1 Å². The van der Waals surface area contributed by atoms with Gasteiger partial charge in [-0.1, -0.05) is 0 Å². The van der Waals surface area contributed by atoms with Crippen LogP contribution in [0.1, 0.15) is 10.5 Å². The zero-order valence-corrected chi connectivity index (χ0v) is 14.6. The van der Waals surface area contributed by atoms with Crippen molar-refractivity contribution < 1.29 is 23.7 Å². The zero-order valence-electron chi connectivity index (χ0n) is 14.6. The monoisotopic (exact) mass is 377 g/mol. The Morgan fingerprint density at radius 2 is 1.36 bits per heavy atom. The van der Waals surface area contributed by atoms with Gasteiger partial charge in [0.05, 0.1) is 11.9 Å². The molecule has 0 saturated carbocycles. The minimum absolute atomic E-state index is 0.187. The summed E-state index contributed by atoms with van der Waals surface area (Å²) in [7, 11) is 0. The van der Waals surface area contributed by atoms with Crippen LogP contribution in [0.25, 0.3) is 0 Å². The Labute approximate surface area is 160 Å². The topological polar surface area (TPSA) is 90.9 Å². The number of hydrogen-bond acceptors (Lipinski definition) is 7. The molecule has 0 atom stereocenters. The smallest absolute Gasteiger partial charge is 0.274 e. The van der Waals surface area contributed by atoms with Gasteiger partial charge in [0.2, 0.25) is 13.6 Å². The van der Waals surface area contributed by atoms with Crippen molar-refractivity contribution in [2.75, 3.05) is 24.2 Å². The van der Waals surface area contributed by atoms with E-state index in [-0.39, 0.29) is 19.5 Å². The average Bonchev–Trinajstić information content (AvgIpc) is 3.36. The molecular weight excluding hydrogens is 362 g/mol. The van der Waals surface area contributed by atoms with Gasteiger partial charge in [0.25, 0.3) is 5.91 Å². The summed E-state index contributed by atoms with van der Waals surface area (Å²) >= 11 is 0. The van der Waals surface area contributed by atoms with Gasteiger partial charge < -0.3 is 29.6 Å². The highest BCUT2D eigenvalue weighted by Gasteiger charge is 2.16. The fourth-order valence-corrected chi connectivity index (χ4v) is 2.91. The SMILES string of the molecule is O=C(Nc1ccc2c(c1)OCO2)c1ccc(Nc2ccc3c(c2)OCO3)cn1. The summed E-state index contributed by atoms with van der Waals surface area (Å²) in [6.07, 6.45) is 1.60. The molecule has 0 unspecified atom stereocenters. The molecule has 8 heteroatoms. The lowest BCUT2D eigenvalue weighted by Crippen LogP contribution is -2.13. The van der Waals surface area contributed by atoms with E-state index in [1.807, 2.05) is 18.2 Å². The van der Waals surface area contributed by atoms with Crippen LogP contribution in [0, 0.1) is 0 Å². The molecule has 28 heavy (non-hydrogen) atoms. The van der Waals surface area contributed by atoms with E-state index in [0.717, 1.165) is 17.1 Å². The molecule has 0 aliphatic carbocycles. The number of ether oxygens (including phenoxy) is 4. The Kier molecular flexibility index (Phi) is 3.86. The third kappa shape index (κ3) is 3.11. The second-order valence-corrected chi connectivity index (χ2v) is 6.15. The number of hydrogen-bond donors (Lipinski definition) is 2. The fourth-order valence-electron chi connectivity index (χ4n) is 2.91. The van der Waals surface area contributed by atoms with Gasteiger partial charge in [-0.3, -0.25) is 4.79 Å². The predicted molar refractivity (Wildman–Crippen MR) is 101 cm³/mol. The standard InChI is InChI=1S/C20H15N3O5/c24-20(23-13-3-6-17-19(8-13)28-11-26-17)15-4-1-14(9-21-15)22-12-2-5-16-18(7-12)27-10-25-16/h1-9,22H,10-11H2,(H,23,24). The molecule has 2 aromatic carbocycles. The number of anilines is 3. The molecule has 1 amide bonds. The van der Waals surface area contributed by atoms with E-state index in [1.165, 1.54) is 0 Å². The maximum absolute atomic E-state index is 12.4. The first kappa shape index (κ1) is 16.2. The minimum atomic E-state index is -0.312. The summed E-state index contributed by atoms with van der Waals surface area (Å²) in [6, 6.07) is 14.2. The number of carbonyl (C=O) groups excluding carboxylic acids is 1. The maximum Gasteiger partial charge on any atom is 0.274 e. The van der Waals surface area contributed by atoms with Crippen LogP contribution in [0.15, 0.2) is 54.7 Å². The van der Waals surface area contributed by atoms with Crippen LogP contribution in [-0.2, 0) is 0 Å². The molecule has 0 radical (unpaired) electrons. The van der Waals surface area contributed by atoms with E-state index in [1.54, 1.807) is 36.5 Å². The normalized spacial score (nSPS) is 13.3. The highest BCUT2D eigenvalue weighted by atomic mass is 16.7. The van der Waals surface area contributed by atoms with Crippen LogP contribution >= 0.6 is 0 Å². The number of nitrogens with zero attached hydrogens (tertiary/aromatic N) is 1. The molecule has 8 nitrogen and oxygen atoms in total. The highest BCUT2D eigenvalue weighted by molar-refractivity contribution is 6.03. The van der Waals surface area contributed by atoms with E-state index in [4.69, 9.17) is 18.9 Å². The molecule has 2 aliphatic rings. The number of carbonyl (C=O) groups is 1. The quantitative estimate of drug-likeness (QED) is 0.719. The molecule has 140 valence electrons. The molecule has 0 spiro atoms. The van der Waals surface area contributed by atoms with Crippen LogP contribution in [0.5, 0.6) is 23.0 Å². The zero-order chi connectivity index (χ0) is 18.9. The molecule has 3 heterocycles. The van der Waals surface area contributed by atoms with E-state index in [0.29, 0.717) is 28.6 Å². The Balaban J connectivity index is 1.26. The Bertz CT molecular complexity index is 1050. The number of rotatable bonds is 4. The van der Waals surface area contributed by atoms with Gasteiger partial charge in [0, 0.05) is 23.5 Å². The van der Waals surface area contributed by atoms with E-state index in [2.05, 4.69) is 15.6 Å². The predicted octanol–water partition coefficient (Wildman–Crippen LogP) is 3.53. The van der Waals surface area contributed by atoms with Crippen LogP contribution in [0.3, 0.4) is 0 Å². The molecule has 0 fully saturated rings. The number of nitrogens with one attached hydrogen (secondary N) is 2. The number of fused-ring (bicyclic) bond motifs is 2. The lowest BCUT2D eigenvalue weighted by Gasteiger charge is -2.09. The Hall–Kier alpha value is -3.94. The molecule has 5 rings (SSSR count). The number of amides is 1. The summed E-state index contributed by atoms with van der Waals surface area (Å²) < 4.78 is 21.2. The average molecular weight is 377 g/mol. The molecule has 3 aromatic rings. The first-order valence-corrected chi connectivity index (χ1v) is 8.58. The van der Waals surface area contributed by atoms with Gasteiger partial charge in [-0.15, -0.1) is 0 Å². The Morgan fingerprint density at radius 3 is 2.04 bits per heavy atom. The first-order valence-electron chi connectivity index (χ1n) is 8.58. The lowest BCUT2D eigenvalue weighted by molar-refractivity contribution is 0.102. The summed E-state index contributed by atoms with van der Waals surface area (Å²) in [6.45, 7) is 0.416. The van der Waals surface area contributed by atoms with Crippen molar-refractivity contribution in [2.45, 2.75) is 0 Å². The van der Waals surface area contributed by atoms with Crippen LogP contribution in [-0.4, -0.2) is 24.5 Å². The van der Waals surface area contributed by atoms with E-state index in [9.17, 15) is 4.79 Å². The summed E-state index contributed by atoms with van der Waals surface area (Å²) in [5.41, 5.74) is 2.50. The van der Waals surface area contributed by atoms with Crippen LogP contribution < -0.4 is 29.6 Å². The molecule has 2 aliphatic heterocycles. The van der Waals surface area contributed by atoms with Crippen molar-refractivity contribution in [3.63, 3.8) is 0 Å². The number of pyridine rings is 1. The number of aromatic nitrogens is 1. The van der Waals surface area contributed by atoms with Crippen molar-refractivity contribution in [2.24, 2.45) is 0 Å². The van der Waals surface area contributed by atoms with Gasteiger partial charge in [0.15, 0.2) is 23.0 Å². The summed E-state index contributed by atoms with van der Waals surface area (Å²) in [4.78, 5) is 16.6. The van der Waals surface area contributed by atoms with Crippen molar-refractivity contribution in [3.05, 3.63) is 60.4 Å². The van der Waals surface area contributed by atoms with Crippen molar-refractivity contribution >= 4 is 23.0 Å². The van der Waals surface area contributed by atoms with Gasteiger partial charge in [-0.2, -0.15) is 0 Å². The second kappa shape index (κ2) is 6.66. The second-order valence-electron chi connectivity index (χ2n) is 6.15. The van der Waals surface area contributed by atoms with Crippen molar-refractivity contribution in [1.29, 1.82) is 0 Å². The molecule has 2 N–H and O–H groups in total. The highest BCUT2D eigenvalue weighted by Crippen LogP contribution is 2.35. The molecule has 1 aromatic heterocycles. The van der Waals surface area contributed by atoms with Gasteiger partial charge in [-0.25, -0.2) is 4.98 Å². The first-order chi connectivity index (χ1) is 13.7. The lowest BCUT2D eigenvalue weighted by atomic mass is 10.2. The summed E-state index contributed by atoms with van der Waals surface area (Å²) in [5.74, 6) is 2.37. The summed E-state index contributed by atoms with van der Waals surface area (Å²) in [5, 5.41) is 6.02. The third-order valence-electron chi connectivity index (χ3n) is 4.29. The van der Waals surface area contributed by atoms with Crippen molar-refractivity contribution in [3.8, 4) is 23.0 Å². The maximum atomic E-state index is 12.4. The van der Waals surface area contributed by atoms with Gasteiger partial charge in [0.1, 0.15) is 5.69 Å². The molecule has 0 saturated heterocycles. The fraction of sp³-hybridized carbons (Fsp3) is 0.100. The van der Waals surface area contributed by atoms with E-state index < -0.39 is 0 Å². The number of benzene rings is 2. The van der Waals surface area contributed by atoms with E-state index >= 15 is 0 Å². The van der Waals surface area contributed by atoms with Crippen LogP contribution in [0.2, 0.25) is 0 Å². The minimum Gasteiger partial charge on any atom is -0.454 e.